The first-order chi connectivity index (χ1) is 10.0. The summed E-state index contributed by atoms with van der Waals surface area (Å²) in [7, 11) is 1.90. The van der Waals surface area contributed by atoms with Gasteiger partial charge in [-0.1, -0.05) is 35.9 Å². The molecule has 0 heterocycles. The molecule has 1 unspecified atom stereocenters. The monoisotopic (exact) mass is 306 g/mol. The number of anilines is 1. The fraction of sp³-hybridized carbons (Fsp3) is 0.294. The van der Waals surface area contributed by atoms with Crippen LogP contribution in [0.1, 0.15) is 24.1 Å². The Morgan fingerprint density at radius 1 is 1.19 bits per heavy atom. The minimum atomic E-state index is -0.218. The summed E-state index contributed by atoms with van der Waals surface area (Å²) in [6.45, 7) is 2.54. The van der Waals surface area contributed by atoms with Crippen LogP contribution < -0.4 is 10.6 Å². The normalized spacial score (nSPS) is 12.2. The molecule has 2 aromatic rings. The van der Waals surface area contributed by atoms with Crippen LogP contribution >= 0.6 is 11.6 Å². The Labute approximate surface area is 130 Å². The molecule has 0 bridgehead atoms. The molecule has 4 heteroatoms. The third-order valence-electron chi connectivity index (χ3n) is 3.77. The van der Waals surface area contributed by atoms with Crippen LogP contribution in [0, 0.1) is 5.82 Å². The van der Waals surface area contributed by atoms with E-state index in [9.17, 15) is 4.39 Å². The lowest BCUT2D eigenvalue weighted by atomic mass is 10.0. The van der Waals surface area contributed by atoms with E-state index in [0.717, 1.165) is 11.1 Å². The molecule has 0 radical (unpaired) electrons. The summed E-state index contributed by atoms with van der Waals surface area (Å²) in [5, 5.41) is 0.698. The van der Waals surface area contributed by atoms with E-state index in [1.165, 1.54) is 6.07 Å². The largest absolute Gasteiger partial charge is 0.365 e. The van der Waals surface area contributed by atoms with Gasteiger partial charge in [0.05, 0.1) is 11.7 Å². The third-order valence-corrected chi connectivity index (χ3v) is 4.02. The zero-order chi connectivity index (χ0) is 15.4. The van der Waals surface area contributed by atoms with E-state index < -0.39 is 0 Å². The molecule has 0 amide bonds. The molecule has 2 nitrogen and oxygen atoms in total. The first-order valence-corrected chi connectivity index (χ1v) is 7.38. The Kier molecular flexibility index (Phi) is 5.21. The Bertz CT molecular complexity index is 598. The van der Waals surface area contributed by atoms with Gasteiger partial charge in [0.25, 0.3) is 0 Å². The van der Waals surface area contributed by atoms with E-state index in [0.29, 0.717) is 23.7 Å². The first-order valence-electron chi connectivity index (χ1n) is 7.00. The van der Waals surface area contributed by atoms with Crippen molar-refractivity contribution in [2.45, 2.75) is 19.4 Å². The molecular weight excluding hydrogens is 287 g/mol. The highest BCUT2D eigenvalue weighted by Gasteiger charge is 2.18. The molecule has 1 atom stereocenters. The van der Waals surface area contributed by atoms with Crippen LogP contribution in [0.3, 0.4) is 0 Å². The lowest BCUT2D eigenvalue weighted by Crippen LogP contribution is -2.24. The van der Waals surface area contributed by atoms with Gasteiger partial charge in [0.1, 0.15) is 5.82 Å². The summed E-state index contributed by atoms with van der Waals surface area (Å²) >= 11 is 5.92. The average molecular weight is 307 g/mol. The topological polar surface area (TPSA) is 29.3 Å². The van der Waals surface area contributed by atoms with E-state index in [4.69, 9.17) is 17.3 Å². The molecule has 0 aromatic heterocycles. The zero-order valence-electron chi connectivity index (χ0n) is 12.3. The van der Waals surface area contributed by atoms with Gasteiger partial charge >= 0.3 is 0 Å². The van der Waals surface area contributed by atoms with E-state index in [1.807, 2.05) is 49.2 Å². The van der Waals surface area contributed by atoms with Gasteiger partial charge in [-0.05, 0) is 49.2 Å². The van der Waals surface area contributed by atoms with Crippen LogP contribution in [-0.4, -0.2) is 13.6 Å². The number of halogens is 2. The quantitative estimate of drug-likeness (QED) is 0.898. The van der Waals surface area contributed by atoms with Crippen LogP contribution in [-0.2, 0) is 6.42 Å². The molecule has 112 valence electrons. The van der Waals surface area contributed by atoms with Gasteiger partial charge < -0.3 is 10.6 Å². The Balaban J connectivity index is 2.34. The number of hydrogen-bond acceptors (Lipinski definition) is 2. The smallest absolute Gasteiger partial charge is 0.146 e. The molecule has 2 N–H and O–H groups in total. The molecule has 0 aliphatic carbocycles. The minimum Gasteiger partial charge on any atom is -0.365 e. The highest BCUT2D eigenvalue weighted by atomic mass is 35.5. The van der Waals surface area contributed by atoms with E-state index >= 15 is 0 Å². The van der Waals surface area contributed by atoms with Gasteiger partial charge in [0.2, 0.25) is 0 Å². The van der Waals surface area contributed by atoms with Crippen molar-refractivity contribution in [3.63, 3.8) is 0 Å². The molecule has 0 aliphatic heterocycles. The van der Waals surface area contributed by atoms with Crippen LogP contribution in [0.4, 0.5) is 10.1 Å². The molecule has 0 fully saturated rings. The predicted molar refractivity (Wildman–Crippen MR) is 87.4 cm³/mol. The summed E-state index contributed by atoms with van der Waals surface area (Å²) in [6, 6.07) is 12.8. The fourth-order valence-corrected chi connectivity index (χ4v) is 2.60. The van der Waals surface area contributed by atoms with E-state index in [-0.39, 0.29) is 11.9 Å². The number of benzene rings is 2. The summed E-state index contributed by atoms with van der Waals surface area (Å²) in [6.07, 6.45) is 0.658. The van der Waals surface area contributed by atoms with Crippen LogP contribution in [0.5, 0.6) is 0 Å². The second-order valence-corrected chi connectivity index (χ2v) is 5.56. The van der Waals surface area contributed by atoms with Crippen molar-refractivity contribution in [2.24, 2.45) is 5.73 Å². The average Bonchev–Trinajstić information content (AvgIpc) is 2.47. The Morgan fingerprint density at radius 2 is 1.86 bits per heavy atom. The minimum absolute atomic E-state index is 0.0377. The SMILES string of the molecule is CC(c1ccc(Cl)cc1)N(C)c1c(F)cccc1CCN. The van der Waals surface area contributed by atoms with Crippen molar-refractivity contribution in [1.29, 1.82) is 0 Å². The molecule has 0 spiro atoms. The van der Waals surface area contributed by atoms with E-state index in [1.54, 1.807) is 6.07 Å². The Hall–Kier alpha value is -1.58. The molecule has 0 aliphatic rings. The summed E-state index contributed by atoms with van der Waals surface area (Å²) in [4.78, 5) is 1.95. The fourth-order valence-electron chi connectivity index (χ4n) is 2.47. The van der Waals surface area contributed by atoms with Gasteiger partial charge in [-0.25, -0.2) is 4.39 Å². The lowest BCUT2D eigenvalue weighted by Gasteiger charge is -2.30. The third kappa shape index (κ3) is 3.55. The molecule has 0 saturated carbocycles. The zero-order valence-corrected chi connectivity index (χ0v) is 13.1. The van der Waals surface area contributed by atoms with Gasteiger partial charge in [-0.3, -0.25) is 0 Å². The summed E-state index contributed by atoms with van der Waals surface area (Å²) < 4.78 is 14.3. The van der Waals surface area contributed by atoms with Crippen LogP contribution in [0.25, 0.3) is 0 Å². The van der Waals surface area contributed by atoms with Crippen molar-refractivity contribution in [1.82, 2.24) is 0 Å². The van der Waals surface area contributed by atoms with Crippen LogP contribution in [0.15, 0.2) is 42.5 Å². The van der Waals surface area contributed by atoms with Crippen molar-refractivity contribution in [3.05, 3.63) is 64.4 Å². The van der Waals surface area contributed by atoms with Crippen molar-refractivity contribution < 1.29 is 4.39 Å². The molecule has 2 aromatic carbocycles. The van der Waals surface area contributed by atoms with Crippen LogP contribution in [0.2, 0.25) is 5.02 Å². The second kappa shape index (κ2) is 6.92. The molecular formula is C17H20ClFN2. The molecule has 21 heavy (non-hydrogen) atoms. The highest BCUT2D eigenvalue weighted by molar-refractivity contribution is 6.30. The number of nitrogens with zero attached hydrogens (tertiary/aromatic N) is 1. The standard InChI is InChI=1S/C17H20ClFN2/c1-12(13-6-8-15(18)9-7-13)21(2)17-14(10-11-20)4-3-5-16(17)19/h3-9,12H,10-11,20H2,1-2H3. The van der Waals surface area contributed by atoms with E-state index in [2.05, 4.69) is 0 Å². The summed E-state index contributed by atoms with van der Waals surface area (Å²) in [5.41, 5.74) is 8.26. The maximum atomic E-state index is 14.3. The molecule has 2 rings (SSSR count). The molecule has 0 saturated heterocycles. The maximum Gasteiger partial charge on any atom is 0.146 e. The maximum absolute atomic E-state index is 14.3. The summed E-state index contributed by atoms with van der Waals surface area (Å²) in [5.74, 6) is -0.218. The van der Waals surface area contributed by atoms with Gasteiger partial charge in [0, 0.05) is 12.1 Å². The number of hydrogen-bond donors (Lipinski definition) is 1. The number of para-hydroxylation sites is 1. The number of nitrogens with two attached hydrogens (primary N) is 1. The number of rotatable bonds is 5. The van der Waals surface area contributed by atoms with Crippen molar-refractivity contribution in [3.8, 4) is 0 Å². The second-order valence-electron chi connectivity index (χ2n) is 5.12. The predicted octanol–water partition coefficient (Wildman–Crippen LogP) is 4.18. The van der Waals surface area contributed by atoms with Gasteiger partial charge in [0.15, 0.2) is 0 Å². The van der Waals surface area contributed by atoms with Crippen molar-refractivity contribution in [2.75, 3.05) is 18.5 Å². The van der Waals surface area contributed by atoms with Gasteiger partial charge in [-0.15, -0.1) is 0 Å². The van der Waals surface area contributed by atoms with Gasteiger partial charge in [-0.2, -0.15) is 0 Å². The lowest BCUT2D eigenvalue weighted by molar-refractivity contribution is 0.608. The first kappa shape index (κ1) is 15.8. The van der Waals surface area contributed by atoms with Crippen molar-refractivity contribution >= 4 is 17.3 Å². The Morgan fingerprint density at radius 3 is 2.48 bits per heavy atom. The highest BCUT2D eigenvalue weighted by Crippen LogP contribution is 2.31.